The highest BCUT2D eigenvalue weighted by Gasteiger charge is 2.19. The highest BCUT2D eigenvalue weighted by atomic mass is 16.6. The molecule has 1 aromatic heterocycles. The van der Waals surface area contributed by atoms with Crippen molar-refractivity contribution < 1.29 is 19.1 Å². The summed E-state index contributed by atoms with van der Waals surface area (Å²) in [5.74, 6) is 1.29. The molecule has 0 aliphatic rings. The average molecular weight is 326 g/mol. The van der Waals surface area contributed by atoms with Crippen LogP contribution in [0, 0.1) is 0 Å². The Bertz CT molecular complexity index is 886. The lowest BCUT2D eigenvalue weighted by atomic mass is 10.1. The molecular formula is C18H18N2O4. The zero-order valence-corrected chi connectivity index (χ0v) is 13.7. The summed E-state index contributed by atoms with van der Waals surface area (Å²) in [4.78, 5) is 17.3. The number of hydroxylamine groups is 1. The summed E-state index contributed by atoms with van der Waals surface area (Å²) in [5.41, 5.74) is 4.62. The Labute approximate surface area is 139 Å². The SMILES string of the molecule is CONC(=O)n1c(-c2ccc(OC)cc2OC)cc2ccccc21. The molecule has 0 unspecified atom stereocenters. The van der Waals surface area contributed by atoms with Gasteiger partial charge in [-0.2, -0.15) is 0 Å². The lowest BCUT2D eigenvalue weighted by Gasteiger charge is -2.13. The Balaban J connectivity index is 2.26. The van der Waals surface area contributed by atoms with E-state index < -0.39 is 0 Å². The summed E-state index contributed by atoms with van der Waals surface area (Å²) in [6.07, 6.45) is 0. The number of nitrogens with zero attached hydrogens (tertiary/aromatic N) is 1. The first-order valence-electron chi connectivity index (χ1n) is 7.35. The molecule has 2 aromatic carbocycles. The number of benzene rings is 2. The van der Waals surface area contributed by atoms with E-state index in [0.717, 1.165) is 16.5 Å². The molecule has 0 bridgehead atoms. The van der Waals surface area contributed by atoms with Crippen molar-refractivity contribution in [2.45, 2.75) is 0 Å². The van der Waals surface area contributed by atoms with Crippen LogP contribution in [0.5, 0.6) is 11.5 Å². The van der Waals surface area contributed by atoms with Gasteiger partial charge in [0, 0.05) is 17.0 Å². The van der Waals surface area contributed by atoms with Crippen molar-refractivity contribution in [1.82, 2.24) is 10.0 Å². The summed E-state index contributed by atoms with van der Waals surface area (Å²) in [6, 6.07) is 14.7. The minimum absolute atomic E-state index is 0.383. The average Bonchev–Trinajstić information content (AvgIpc) is 3.00. The van der Waals surface area contributed by atoms with E-state index in [4.69, 9.17) is 14.3 Å². The van der Waals surface area contributed by atoms with Gasteiger partial charge >= 0.3 is 6.03 Å². The Kier molecular flexibility index (Phi) is 4.39. The molecule has 1 heterocycles. The molecule has 0 atom stereocenters. The summed E-state index contributed by atoms with van der Waals surface area (Å²) >= 11 is 0. The molecule has 0 aliphatic carbocycles. The molecule has 1 N–H and O–H groups in total. The van der Waals surface area contributed by atoms with Gasteiger partial charge in [0.1, 0.15) is 11.5 Å². The fraction of sp³-hybridized carbons (Fsp3) is 0.167. The maximum Gasteiger partial charge on any atom is 0.350 e. The minimum Gasteiger partial charge on any atom is -0.497 e. The number of hydrogen-bond donors (Lipinski definition) is 1. The van der Waals surface area contributed by atoms with Gasteiger partial charge < -0.3 is 9.47 Å². The van der Waals surface area contributed by atoms with E-state index in [1.807, 2.05) is 42.5 Å². The number of fused-ring (bicyclic) bond motifs is 1. The minimum atomic E-state index is -0.383. The van der Waals surface area contributed by atoms with Crippen LogP contribution in [-0.4, -0.2) is 31.9 Å². The molecule has 24 heavy (non-hydrogen) atoms. The largest absolute Gasteiger partial charge is 0.497 e. The molecule has 3 rings (SSSR count). The predicted molar refractivity (Wildman–Crippen MR) is 91.4 cm³/mol. The van der Waals surface area contributed by atoms with Crippen molar-refractivity contribution in [1.29, 1.82) is 0 Å². The van der Waals surface area contributed by atoms with Crippen molar-refractivity contribution in [3.8, 4) is 22.8 Å². The Morgan fingerprint density at radius 2 is 1.79 bits per heavy atom. The van der Waals surface area contributed by atoms with Crippen LogP contribution in [0.2, 0.25) is 0 Å². The molecule has 0 saturated carbocycles. The number of nitrogens with one attached hydrogen (secondary N) is 1. The van der Waals surface area contributed by atoms with E-state index in [9.17, 15) is 4.79 Å². The number of amides is 1. The smallest absolute Gasteiger partial charge is 0.350 e. The molecule has 3 aromatic rings. The third-order valence-corrected chi connectivity index (χ3v) is 3.79. The lowest BCUT2D eigenvalue weighted by Crippen LogP contribution is -2.27. The molecule has 0 radical (unpaired) electrons. The van der Waals surface area contributed by atoms with Gasteiger partial charge in [0.05, 0.1) is 32.5 Å². The first-order chi connectivity index (χ1) is 11.7. The Morgan fingerprint density at radius 3 is 2.50 bits per heavy atom. The lowest BCUT2D eigenvalue weighted by molar-refractivity contribution is 0.109. The van der Waals surface area contributed by atoms with Gasteiger partial charge in [0.15, 0.2) is 0 Å². The second-order valence-electron chi connectivity index (χ2n) is 5.10. The molecule has 0 saturated heterocycles. The maximum atomic E-state index is 12.5. The number of rotatable bonds is 4. The van der Waals surface area contributed by atoms with Gasteiger partial charge in [-0.15, -0.1) is 0 Å². The molecule has 6 heteroatoms. The quantitative estimate of drug-likeness (QED) is 0.746. The maximum absolute atomic E-state index is 12.5. The molecule has 124 valence electrons. The van der Waals surface area contributed by atoms with Crippen molar-refractivity contribution in [3.05, 3.63) is 48.5 Å². The topological polar surface area (TPSA) is 61.7 Å². The standard InChI is InChI=1S/C18H18N2O4/c1-22-13-8-9-14(17(11-13)23-2)16-10-12-6-4-5-7-15(12)20(16)18(21)19-24-3/h4-11H,1-3H3,(H,19,21). The fourth-order valence-corrected chi connectivity index (χ4v) is 2.71. The van der Waals surface area contributed by atoms with Gasteiger partial charge in [-0.25, -0.2) is 10.3 Å². The van der Waals surface area contributed by atoms with E-state index in [0.29, 0.717) is 17.2 Å². The number of carbonyl (C=O) groups is 1. The highest BCUT2D eigenvalue weighted by Crippen LogP contribution is 2.36. The molecular weight excluding hydrogens is 308 g/mol. The van der Waals surface area contributed by atoms with Gasteiger partial charge in [0.2, 0.25) is 0 Å². The summed E-state index contributed by atoms with van der Waals surface area (Å²) in [5, 5.41) is 0.941. The Morgan fingerprint density at radius 1 is 1.00 bits per heavy atom. The van der Waals surface area contributed by atoms with Crippen LogP contribution in [0.25, 0.3) is 22.2 Å². The first-order valence-corrected chi connectivity index (χ1v) is 7.35. The van der Waals surface area contributed by atoms with Crippen molar-refractivity contribution in [2.75, 3.05) is 21.3 Å². The van der Waals surface area contributed by atoms with Crippen molar-refractivity contribution in [3.63, 3.8) is 0 Å². The van der Waals surface area contributed by atoms with Crippen LogP contribution in [0.15, 0.2) is 48.5 Å². The second-order valence-corrected chi connectivity index (χ2v) is 5.10. The molecule has 6 nitrogen and oxygen atoms in total. The van der Waals surface area contributed by atoms with Crippen LogP contribution in [0.1, 0.15) is 0 Å². The normalized spacial score (nSPS) is 10.6. The molecule has 0 fully saturated rings. The predicted octanol–water partition coefficient (Wildman–Crippen LogP) is 3.44. The van der Waals surface area contributed by atoms with Crippen LogP contribution < -0.4 is 15.0 Å². The Hall–Kier alpha value is -2.99. The number of para-hydroxylation sites is 1. The summed E-state index contributed by atoms with van der Waals surface area (Å²) in [6.45, 7) is 0. The summed E-state index contributed by atoms with van der Waals surface area (Å²) < 4.78 is 12.3. The molecule has 0 spiro atoms. The zero-order valence-electron chi connectivity index (χ0n) is 13.7. The first kappa shape index (κ1) is 15.9. The monoisotopic (exact) mass is 326 g/mol. The van der Waals surface area contributed by atoms with Crippen molar-refractivity contribution in [2.24, 2.45) is 0 Å². The van der Waals surface area contributed by atoms with Crippen molar-refractivity contribution >= 4 is 16.9 Å². The molecule has 1 amide bonds. The second kappa shape index (κ2) is 6.64. The molecule has 0 aliphatic heterocycles. The van der Waals surface area contributed by atoms with Crippen LogP contribution in [0.4, 0.5) is 4.79 Å². The summed E-state index contributed by atoms with van der Waals surface area (Å²) in [7, 11) is 4.58. The van der Waals surface area contributed by atoms with Gasteiger partial charge in [-0.3, -0.25) is 9.40 Å². The van der Waals surface area contributed by atoms with E-state index in [-0.39, 0.29) is 6.03 Å². The third kappa shape index (κ3) is 2.68. The third-order valence-electron chi connectivity index (χ3n) is 3.79. The van der Waals surface area contributed by atoms with Crippen LogP contribution in [-0.2, 0) is 4.84 Å². The number of carbonyl (C=O) groups excluding carboxylic acids is 1. The number of aromatic nitrogens is 1. The van der Waals surface area contributed by atoms with E-state index in [2.05, 4.69) is 5.48 Å². The highest BCUT2D eigenvalue weighted by molar-refractivity contribution is 5.98. The van der Waals surface area contributed by atoms with Gasteiger partial charge in [-0.1, -0.05) is 18.2 Å². The number of hydrogen-bond acceptors (Lipinski definition) is 4. The zero-order chi connectivity index (χ0) is 17.1. The van der Waals surface area contributed by atoms with Gasteiger partial charge in [0.25, 0.3) is 0 Å². The number of ether oxygens (including phenoxy) is 2. The van der Waals surface area contributed by atoms with Crippen LogP contribution >= 0.6 is 0 Å². The van der Waals surface area contributed by atoms with E-state index in [1.165, 1.54) is 7.11 Å². The fourth-order valence-electron chi connectivity index (χ4n) is 2.71. The number of methoxy groups -OCH3 is 2. The van der Waals surface area contributed by atoms with E-state index in [1.54, 1.807) is 24.9 Å². The van der Waals surface area contributed by atoms with Gasteiger partial charge in [-0.05, 0) is 24.3 Å². The van der Waals surface area contributed by atoms with E-state index >= 15 is 0 Å². The van der Waals surface area contributed by atoms with Crippen LogP contribution in [0.3, 0.4) is 0 Å².